The molecular formula is C9H13BrN4O. The van der Waals surface area contributed by atoms with Crippen LogP contribution in [-0.2, 0) is 0 Å². The minimum atomic E-state index is 0.335. The standard InChI is InChI=1S/C9H13BrN4O/c1-5(2)14-8-6(10)4-11-9(15-3)7(8)12-13-14/h4-5,12-13H,1-3H3. The van der Waals surface area contributed by atoms with Gasteiger partial charge in [-0.2, -0.15) is 0 Å². The molecule has 0 amide bonds. The maximum absolute atomic E-state index is 5.18. The van der Waals surface area contributed by atoms with Crippen molar-refractivity contribution in [1.82, 2.24) is 10.5 Å². The normalized spacial score (nSPS) is 14.1. The number of rotatable bonds is 2. The number of hydrazine groups is 2. The molecule has 0 atom stereocenters. The van der Waals surface area contributed by atoms with Crippen LogP contribution in [0.2, 0.25) is 0 Å². The first-order valence-electron chi connectivity index (χ1n) is 4.68. The van der Waals surface area contributed by atoms with Gasteiger partial charge >= 0.3 is 0 Å². The van der Waals surface area contributed by atoms with E-state index in [9.17, 15) is 0 Å². The molecule has 0 unspecified atom stereocenters. The number of nitrogens with one attached hydrogen (secondary N) is 2. The zero-order chi connectivity index (χ0) is 11.0. The summed E-state index contributed by atoms with van der Waals surface area (Å²) in [6.45, 7) is 4.20. The molecule has 0 saturated carbocycles. The molecule has 0 fully saturated rings. The smallest absolute Gasteiger partial charge is 0.240 e. The minimum Gasteiger partial charge on any atom is -0.479 e. The molecule has 0 aliphatic carbocycles. The number of hydrogen-bond donors (Lipinski definition) is 2. The summed E-state index contributed by atoms with van der Waals surface area (Å²) in [7, 11) is 1.61. The second-order valence-electron chi connectivity index (χ2n) is 3.54. The Bertz CT molecular complexity index is 383. The Morgan fingerprint density at radius 2 is 2.27 bits per heavy atom. The van der Waals surface area contributed by atoms with E-state index in [-0.39, 0.29) is 0 Å². The molecule has 0 saturated heterocycles. The van der Waals surface area contributed by atoms with E-state index in [2.05, 4.69) is 45.7 Å². The number of fused-ring (bicyclic) bond motifs is 1. The summed E-state index contributed by atoms with van der Waals surface area (Å²) in [5.74, 6) is 0.587. The fourth-order valence-electron chi connectivity index (χ4n) is 1.52. The van der Waals surface area contributed by atoms with Gasteiger partial charge in [-0.05, 0) is 29.8 Å². The van der Waals surface area contributed by atoms with Gasteiger partial charge in [-0.3, -0.25) is 10.4 Å². The Morgan fingerprint density at radius 1 is 1.53 bits per heavy atom. The van der Waals surface area contributed by atoms with E-state index in [1.165, 1.54) is 0 Å². The zero-order valence-electron chi connectivity index (χ0n) is 8.84. The summed E-state index contributed by atoms with van der Waals surface area (Å²) in [5.41, 5.74) is 8.01. The average Bonchev–Trinajstić information content (AvgIpc) is 2.63. The number of aromatic nitrogens is 1. The van der Waals surface area contributed by atoms with Crippen LogP contribution in [0.25, 0.3) is 0 Å². The van der Waals surface area contributed by atoms with Gasteiger partial charge in [0.05, 0.1) is 17.3 Å². The predicted octanol–water partition coefficient (Wildman–Crippen LogP) is 1.91. The van der Waals surface area contributed by atoms with Crippen molar-refractivity contribution in [2.75, 3.05) is 17.5 Å². The van der Waals surface area contributed by atoms with Crippen LogP contribution >= 0.6 is 15.9 Å². The number of ether oxygens (including phenoxy) is 1. The molecule has 1 aliphatic rings. The molecule has 6 heteroatoms. The van der Waals surface area contributed by atoms with Gasteiger partial charge in [-0.15, -0.1) is 5.53 Å². The number of hydrogen-bond acceptors (Lipinski definition) is 5. The largest absolute Gasteiger partial charge is 0.479 e. The molecule has 2 rings (SSSR count). The molecule has 0 aromatic carbocycles. The van der Waals surface area contributed by atoms with Gasteiger partial charge < -0.3 is 4.74 Å². The molecule has 82 valence electrons. The summed E-state index contributed by atoms with van der Waals surface area (Å²) in [6, 6.07) is 0.335. The van der Waals surface area contributed by atoms with Crippen LogP contribution in [0.15, 0.2) is 10.7 Å². The SMILES string of the molecule is COc1ncc(Br)c2c1NNN2C(C)C. The van der Waals surface area contributed by atoms with Crippen molar-refractivity contribution in [1.29, 1.82) is 0 Å². The molecule has 0 bridgehead atoms. The summed E-state index contributed by atoms with van der Waals surface area (Å²) >= 11 is 3.48. The third-order valence-corrected chi connectivity index (χ3v) is 2.80. The van der Waals surface area contributed by atoms with Crippen molar-refractivity contribution >= 4 is 27.3 Å². The van der Waals surface area contributed by atoms with Gasteiger partial charge in [-0.25, -0.2) is 4.98 Å². The van der Waals surface area contributed by atoms with Gasteiger partial charge in [0.1, 0.15) is 5.69 Å². The van der Waals surface area contributed by atoms with Crippen LogP contribution in [-0.4, -0.2) is 18.1 Å². The molecule has 2 heterocycles. The van der Waals surface area contributed by atoms with E-state index in [0.29, 0.717) is 11.9 Å². The molecular weight excluding hydrogens is 260 g/mol. The molecule has 5 nitrogen and oxygen atoms in total. The number of anilines is 2. The van der Waals surface area contributed by atoms with Gasteiger partial charge in [-0.1, -0.05) is 0 Å². The Balaban J connectivity index is 2.51. The minimum absolute atomic E-state index is 0.335. The van der Waals surface area contributed by atoms with Crippen molar-refractivity contribution in [3.63, 3.8) is 0 Å². The molecule has 1 aliphatic heterocycles. The van der Waals surface area contributed by atoms with Crippen molar-refractivity contribution in [2.24, 2.45) is 0 Å². The van der Waals surface area contributed by atoms with Crippen LogP contribution in [0, 0.1) is 0 Å². The molecule has 15 heavy (non-hydrogen) atoms. The Kier molecular flexibility index (Phi) is 2.70. The highest BCUT2D eigenvalue weighted by Gasteiger charge is 2.27. The fraction of sp³-hybridized carbons (Fsp3) is 0.444. The monoisotopic (exact) mass is 272 g/mol. The third kappa shape index (κ3) is 1.63. The Morgan fingerprint density at radius 3 is 2.87 bits per heavy atom. The van der Waals surface area contributed by atoms with Gasteiger partial charge in [0, 0.05) is 12.2 Å². The Hall–Kier alpha value is -1.01. The van der Waals surface area contributed by atoms with E-state index in [4.69, 9.17) is 4.74 Å². The van der Waals surface area contributed by atoms with Crippen LogP contribution in [0.3, 0.4) is 0 Å². The van der Waals surface area contributed by atoms with Crippen LogP contribution in [0.5, 0.6) is 5.88 Å². The first-order chi connectivity index (χ1) is 7.15. The highest BCUT2D eigenvalue weighted by atomic mass is 79.9. The lowest BCUT2D eigenvalue weighted by molar-refractivity contribution is 0.400. The van der Waals surface area contributed by atoms with Crippen molar-refractivity contribution < 1.29 is 4.74 Å². The lowest BCUT2D eigenvalue weighted by atomic mass is 10.3. The number of methoxy groups -OCH3 is 1. The average molecular weight is 273 g/mol. The lowest BCUT2D eigenvalue weighted by Crippen LogP contribution is -2.41. The number of pyridine rings is 1. The summed E-state index contributed by atoms with van der Waals surface area (Å²) in [5, 5.41) is 2.02. The van der Waals surface area contributed by atoms with Crippen molar-refractivity contribution in [3.05, 3.63) is 10.7 Å². The van der Waals surface area contributed by atoms with E-state index >= 15 is 0 Å². The highest BCUT2D eigenvalue weighted by Crippen LogP contribution is 2.41. The summed E-state index contributed by atoms with van der Waals surface area (Å²) < 4.78 is 6.11. The summed E-state index contributed by atoms with van der Waals surface area (Å²) in [6.07, 6.45) is 1.74. The second kappa shape index (κ2) is 3.86. The molecule has 0 spiro atoms. The van der Waals surface area contributed by atoms with E-state index in [1.54, 1.807) is 13.3 Å². The highest BCUT2D eigenvalue weighted by molar-refractivity contribution is 9.10. The third-order valence-electron chi connectivity index (χ3n) is 2.22. The zero-order valence-corrected chi connectivity index (χ0v) is 10.4. The lowest BCUT2D eigenvalue weighted by Gasteiger charge is -2.22. The summed E-state index contributed by atoms with van der Waals surface area (Å²) in [4.78, 5) is 4.16. The fourth-order valence-corrected chi connectivity index (χ4v) is 2.02. The maximum atomic E-state index is 5.18. The van der Waals surface area contributed by atoms with Crippen LogP contribution in [0.1, 0.15) is 13.8 Å². The second-order valence-corrected chi connectivity index (χ2v) is 4.39. The van der Waals surface area contributed by atoms with Gasteiger partial charge in [0.2, 0.25) is 5.88 Å². The topological polar surface area (TPSA) is 49.4 Å². The van der Waals surface area contributed by atoms with Crippen LogP contribution < -0.4 is 20.7 Å². The van der Waals surface area contributed by atoms with E-state index in [0.717, 1.165) is 15.8 Å². The quantitative estimate of drug-likeness (QED) is 0.862. The first kappa shape index (κ1) is 10.5. The molecule has 0 radical (unpaired) electrons. The molecule has 2 N–H and O–H groups in total. The van der Waals surface area contributed by atoms with E-state index < -0.39 is 0 Å². The van der Waals surface area contributed by atoms with Gasteiger partial charge in [0.15, 0.2) is 0 Å². The first-order valence-corrected chi connectivity index (χ1v) is 5.47. The van der Waals surface area contributed by atoms with Crippen LogP contribution in [0.4, 0.5) is 11.4 Å². The van der Waals surface area contributed by atoms with Crippen molar-refractivity contribution in [2.45, 2.75) is 19.9 Å². The molecule has 1 aromatic heterocycles. The Labute approximate surface area is 96.9 Å². The predicted molar refractivity (Wildman–Crippen MR) is 62.9 cm³/mol. The molecule has 1 aromatic rings. The van der Waals surface area contributed by atoms with Crippen molar-refractivity contribution in [3.8, 4) is 5.88 Å². The number of halogens is 1. The number of nitrogens with zero attached hydrogens (tertiary/aromatic N) is 2. The van der Waals surface area contributed by atoms with E-state index in [1.807, 2.05) is 5.01 Å². The maximum Gasteiger partial charge on any atom is 0.240 e. The van der Waals surface area contributed by atoms with Gasteiger partial charge in [0.25, 0.3) is 0 Å².